The molecular weight excluding hydrogens is 256 g/mol. The van der Waals surface area contributed by atoms with Crippen molar-refractivity contribution in [1.29, 1.82) is 0 Å². The third kappa shape index (κ3) is 2.34. The lowest BCUT2D eigenvalue weighted by molar-refractivity contribution is -0.0326. The fourth-order valence-electron chi connectivity index (χ4n) is 2.00. The van der Waals surface area contributed by atoms with Gasteiger partial charge in [0.15, 0.2) is 0 Å². The average molecular weight is 271 g/mol. The van der Waals surface area contributed by atoms with E-state index in [1.165, 1.54) is 0 Å². The van der Waals surface area contributed by atoms with Crippen LogP contribution in [0.5, 0.6) is 5.75 Å². The Hall–Kier alpha value is -0.540. The Balaban J connectivity index is 2.21. The van der Waals surface area contributed by atoms with Crippen LogP contribution in [-0.2, 0) is 6.42 Å². The van der Waals surface area contributed by atoms with Gasteiger partial charge in [0.2, 0.25) is 0 Å². The molecule has 1 fully saturated rings. The first-order valence-electron chi connectivity index (χ1n) is 5.18. The van der Waals surface area contributed by atoms with Crippen LogP contribution in [-0.4, -0.2) is 17.8 Å². The van der Waals surface area contributed by atoms with Gasteiger partial charge in [0.25, 0.3) is 0 Å². The average Bonchev–Trinajstić information content (AvgIpc) is 2.16. The number of ether oxygens (including phenoxy) is 1. The van der Waals surface area contributed by atoms with E-state index in [0.717, 1.165) is 35.0 Å². The van der Waals surface area contributed by atoms with Crippen LogP contribution < -0.4 is 4.74 Å². The number of aliphatic hydroxyl groups is 1. The van der Waals surface area contributed by atoms with Crippen molar-refractivity contribution in [2.75, 3.05) is 7.11 Å². The molecule has 0 unspecified atom stereocenters. The largest absolute Gasteiger partial charge is 0.496 e. The highest BCUT2D eigenvalue weighted by Crippen LogP contribution is 2.37. The van der Waals surface area contributed by atoms with E-state index in [4.69, 9.17) is 4.74 Å². The van der Waals surface area contributed by atoms with Gasteiger partial charge in [-0.2, -0.15) is 0 Å². The predicted molar refractivity (Wildman–Crippen MR) is 63.2 cm³/mol. The highest BCUT2D eigenvalue weighted by Gasteiger charge is 2.35. The third-order valence-electron chi connectivity index (χ3n) is 3.05. The fourth-order valence-corrected chi connectivity index (χ4v) is 2.41. The van der Waals surface area contributed by atoms with Gasteiger partial charge in [0.1, 0.15) is 5.75 Å². The lowest BCUT2D eigenvalue weighted by Gasteiger charge is -2.37. The zero-order chi connectivity index (χ0) is 10.9. The zero-order valence-corrected chi connectivity index (χ0v) is 10.4. The monoisotopic (exact) mass is 270 g/mol. The van der Waals surface area contributed by atoms with Crippen LogP contribution in [0, 0.1) is 0 Å². The van der Waals surface area contributed by atoms with Crippen molar-refractivity contribution in [3.05, 3.63) is 28.2 Å². The molecule has 0 spiro atoms. The Labute approximate surface area is 98.4 Å². The molecule has 0 saturated heterocycles. The molecule has 3 heteroatoms. The van der Waals surface area contributed by atoms with E-state index < -0.39 is 5.60 Å². The second-order valence-corrected chi connectivity index (χ2v) is 5.13. The SMILES string of the molecule is COc1ccc(Br)cc1CC1(O)CCC1. The van der Waals surface area contributed by atoms with Gasteiger partial charge in [0.05, 0.1) is 12.7 Å². The molecule has 1 aliphatic rings. The number of benzene rings is 1. The van der Waals surface area contributed by atoms with Crippen LogP contribution in [0.15, 0.2) is 22.7 Å². The molecule has 1 N–H and O–H groups in total. The summed E-state index contributed by atoms with van der Waals surface area (Å²) < 4.78 is 6.31. The summed E-state index contributed by atoms with van der Waals surface area (Å²) in [6.45, 7) is 0. The number of rotatable bonds is 3. The summed E-state index contributed by atoms with van der Waals surface area (Å²) in [6, 6.07) is 5.91. The zero-order valence-electron chi connectivity index (χ0n) is 8.79. The van der Waals surface area contributed by atoms with Crippen LogP contribution >= 0.6 is 15.9 Å². The van der Waals surface area contributed by atoms with Crippen LogP contribution in [0.25, 0.3) is 0 Å². The van der Waals surface area contributed by atoms with Crippen LogP contribution in [0.3, 0.4) is 0 Å². The molecule has 0 aromatic heterocycles. The van der Waals surface area contributed by atoms with Crippen molar-refractivity contribution in [2.24, 2.45) is 0 Å². The topological polar surface area (TPSA) is 29.5 Å². The molecule has 0 amide bonds. The van der Waals surface area contributed by atoms with E-state index in [0.29, 0.717) is 6.42 Å². The Bertz CT molecular complexity index is 359. The highest BCUT2D eigenvalue weighted by molar-refractivity contribution is 9.10. The maximum Gasteiger partial charge on any atom is 0.122 e. The number of methoxy groups -OCH3 is 1. The predicted octanol–water partition coefficient (Wildman–Crippen LogP) is 2.92. The molecule has 1 aromatic carbocycles. The summed E-state index contributed by atoms with van der Waals surface area (Å²) in [7, 11) is 1.66. The van der Waals surface area contributed by atoms with Crippen molar-refractivity contribution in [3.63, 3.8) is 0 Å². The molecule has 82 valence electrons. The first kappa shape index (κ1) is 11.0. The normalized spacial score (nSPS) is 18.3. The van der Waals surface area contributed by atoms with Gasteiger partial charge in [-0.3, -0.25) is 0 Å². The molecule has 0 bridgehead atoms. The van der Waals surface area contributed by atoms with E-state index in [1.807, 2.05) is 18.2 Å². The minimum Gasteiger partial charge on any atom is -0.496 e. The Morgan fingerprint density at radius 2 is 2.20 bits per heavy atom. The second kappa shape index (κ2) is 4.14. The number of halogens is 1. The molecular formula is C12H15BrO2. The Morgan fingerprint density at radius 3 is 2.73 bits per heavy atom. The molecule has 0 heterocycles. The van der Waals surface area contributed by atoms with E-state index in [2.05, 4.69) is 15.9 Å². The molecule has 1 saturated carbocycles. The van der Waals surface area contributed by atoms with Gasteiger partial charge in [-0.05, 0) is 43.0 Å². The third-order valence-corrected chi connectivity index (χ3v) is 3.54. The van der Waals surface area contributed by atoms with Crippen molar-refractivity contribution in [1.82, 2.24) is 0 Å². The first-order valence-corrected chi connectivity index (χ1v) is 5.97. The first-order chi connectivity index (χ1) is 7.13. The fraction of sp³-hybridized carbons (Fsp3) is 0.500. The van der Waals surface area contributed by atoms with Gasteiger partial charge in [-0.25, -0.2) is 0 Å². The van der Waals surface area contributed by atoms with Crippen LogP contribution in [0.2, 0.25) is 0 Å². The smallest absolute Gasteiger partial charge is 0.122 e. The molecule has 1 aromatic rings. The molecule has 0 aliphatic heterocycles. The summed E-state index contributed by atoms with van der Waals surface area (Å²) in [4.78, 5) is 0. The number of hydrogen-bond acceptors (Lipinski definition) is 2. The van der Waals surface area contributed by atoms with Gasteiger partial charge >= 0.3 is 0 Å². The minimum atomic E-state index is -0.492. The lowest BCUT2D eigenvalue weighted by Crippen LogP contribution is -2.39. The van der Waals surface area contributed by atoms with E-state index in [1.54, 1.807) is 7.11 Å². The van der Waals surface area contributed by atoms with Crippen molar-refractivity contribution in [2.45, 2.75) is 31.3 Å². The van der Waals surface area contributed by atoms with Crippen molar-refractivity contribution < 1.29 is 9.84 Å². The number of hydrogen-bond donors (Lipinski definition) is 1. The maximum atomic E-state index is 10.1. The summed E-state index contributed by atoms with van der Waals surface area (Å²) in [5.41, 5.74) is 0.586. The highest BCUT2D eigenvalue weighted by atomic mass is 79.9. The van der Waals surface area contributed by atoms with Crippen molar-refractivity contribution in [3.8, 4) is 5.75 Å². The quantitative estimate of drug-likeness (QED) is 0.915. The van der Waals surface area contributed by atoms with Gasteiger partial charge in [-0.1, -0.05) is 15.9 Å². The van der Waals surface area contributed by atoms with Crippen LogP contribution in [0.1, 0.15) is 24.8 Å². The van der Waals surface area contributed by atoms with Crippen LogP contribution in [0.4, 0.5) is 0 Å². The van der Waals surface area contributed by atoms with E-state index in [9.17, 15) is 5.11 Å². The second-order valence-electron chi connectivity index (χ2n) is 4.21. The summed E-state index contributed by atoms with van der Waals surface area (Å²) in [5.74, 6) is 0.860. The van der Waals surface area contributed by atoms with Gasteiger partial charge in [0, 0.05) is 10.9 Å². The summed E-state index contributed by atoms with van der Waals surface area (Å²) >= 11 is 3.44. The molecule has 1 aliphatic carbocycles. The molecule has 15 heavy (non-hydrogen) atoms. The van der Waals surface area contributed by atoms with Crippen molar-refractivity contribution >= 4 is 15.9 Å². The minimum absolute atomic E-state index is 0.492. The maximum absolute atomic E-state index is 10.1. The summed E-state index contributed by atoms with van der Waals surface area (Å²) in [6.07, 6.45) is 3.63. The lowest BCUT2D eigenvalue weighted by atomic mass is 9.76. The van der Waals surface area contributed by atoms with Gasteiger partial charge < -0.3 is 9.84 Å². The van der Waals surface area contributed by atoms with Gasteiger partial charge in [-0.15, -0.1) is 0 Å². The summed E-state index contributed by atoms with van der Waals surface area (Å²) in [5, 5.41) is 10.1. The standard InChI is InChI=1S/C12H15BrO2/c1-15-11-4-3-10(13)7-9(11)8-12(14)5-2-6-12/h3-4,7,14H,2,5-6,8H2,1H3. The Kier molecular flexibility index (Phi) is 3.03. The molecule has 2 nitrogen and oxygen atoms in total. The van der Waals surface area contributed by atoms with E-state index in [-0.39, 0.29) is 0 Å². The molecule has 2 rings (SSSR count). The van der Waals surface area contributed by atoms with E-state index >= 15 is 0 Å². The Morgan fingerprint density at radius 1 is 1.47 bits per heavy atom. The molecule has 0 radical (unpaired) electrons. The molecule has 0 atom stereocenters.